The van der Waals surface area contributed by atoms with Crippen LogP contribution >= 0.6 is 0 Å². The Morgan fingerprint density at radius 3 is 2.33 bits per heavy atom. The summed E-state index contributed by atoms with van der Waals surface area (Å²) in [6.45, 7) is 3.10. The van der Waals surface area contributed by atoms with Gasteiger partial charge in [0.1, 0.15) is 12.6 Å². The fourth-order valence-electron chi connectivity index (χ4n) is 4.63. The van der Waals surface area contributed by atoms with E-state index in [1.165, 1.54) is 26.2 Å². The summed E-state index contributed by atoms with van der Waals surface area (Å²) < 4.78 is 27.8. The molecule has 1 aliphatic heterocycles. The molecule has 0 bridgehead atoms. The molecule has 0 aliphatic carbocycles. The Hall–Kier alpha value is -3.44. The number of quaternary nitrogens is 1. The third-order valence-corrected chi connectivity index (χ3v) is 8.31. The van der Waals surface area contributed by atoms with Crippen LogP contribution in [0.5, 0.6) is 0 Å². The van der Waals surface area contributed by atoms with E-state index >= 15 is 0 Å². The first kappa shape index (κ1) is 21.4. The Morgan fingerprint density at radius 2 is 1.58 bits per heavy atom. The summed E-state index contributed by atoms with van der Waals surface area (Å²) >= 11 is 0. The van der Waals surface area contributed by atoms with Crippen molar-refractivity contribution in [2.24, 2.45) is 0 Å². The van der Waals surface area contributed by atoms with Gasteiger partial charge >= 0.3 is 0 Å². The lowest BCUT2D eigenvalue weighted by atomic mass is 10.0. The van der Waals surface area contributed by atoms with Gasteiger partial charge in [-0.2, -0.15) is 9.57 Å². The van der Waals surface area contributed by atoms with Crippen LogP contribution in [-0.4, -0.2) is 43.9 Å². The van der Waals surface area contributed by atoms with Crippen LogP contribution in [0.2, 0.25) is 0 Å². The lowest BCUT2D eigenvalue weighted by Crippen LogP contribution is -3.13. The Labute approximate surface area is 193 Å². The number of sulfonamides is 1. The number of nitrogens with one attached hydrogen (secondary N) is 2. The fraction of sp³-hybridized carbons (Fsp3) is 0.192. The molecule has 1 fully saturated rings. The second-order valence-corrected chi connectivity index (χ2v) is 10.2. The van der Waals surface area contributed by atoms with E-state index in [0.29, 0.717) is 26.2 Å². The Kier molecular flexibility index (Phi) is 5.73. The quantitative estimate of drug-likeness (QED) is 0.484. The van der Waals surface area contributed by atoms with Crippen LogP contribution in [0.1, 0.15) is 11.1 Å². The fourth-order valence-corrected chi connectivity index (χ4v) is 6.21. The molecule has 6 nitrogen and oxygen atoms in total. The summed E-state index contributed by atoms with van der Waals surface area (Å²) in [5.74, 6) is 0. The lowest BCUT2D eigenvalue weighted by molar-refractivity contribution is -0.917. The minimum atomic E-state index is -3.68. The molecule has 0 unspecified atom stereocenters. The number of aromatic nitrogens is 1. The second kappa shape index (κ2) is 8.83. The minimum absolute atomic E-state index is 0.0962. The molecular formula is C26H25N4O2S+. The van der Waals surface area contributed by atoms with Crippen LogP contribution in [-0.2, 0) is 16.6 Å². The van der Waals surface area contributed by atoms with Gasteiger partial charge in [-0.15, -0.1) is 0 Å². The van der Waals surface area contributed by atoms with Gasteiger partial charge in [0.15, 0.2) is 0 Å². The molecule has 5 rings (SSSR count). The summed E-state index contributed by atoms with van der Waals surface area (Å²) in [6, 6.07) is 27.1. The maximum absolute atomic E-state index is 13.2. The van der Waals surface area contributed by atoms with Crippen LogP contribution in [0.25, 0.3) is 22.2 Å². The number of aromatic amines is 1. The third-order valence-electron chi connectivity index (χ3n) is 6.36. The van der Waals surface area contributed by atoms with E-state index in [2.05, 4.69) is 35.3 Å². The minimum Gasteiger partial charge on any atom is -0.354 e. The second-order valence-electron chi connectivity index (χ2n) is 8.33. The number of hydrogen-bond acceptors (Lipinski definition) is 3. The number of benzene rings is 3. The van der Waals surface area contributed by atoms with Crippen LogP contribution in [0.15, 0.2) is 83.8 Å². The molecule has 0 spiro atoms. The van der Waals surface area contributed by atoms with Gasteiger partial charge in [0.05, 0.1) is 42.3 Å². The molecule has 7 heteroatoms. The molecule has 0 amide bonds. The molecule has 0 atom stereocenters. The van der Waals surface area contributed by atoms with Crippen LogP contribution < -0.4 is 4.90 Å². The lowest BCUT2D eigenvalue weighted by Gasteiger charge is -2.31. The highest BCUT2D eigenvalue weighted by Gasteiger charge is 2.32. The number of nitrogens with zero attached hydrogens (tertiary/aromatic N) is 2. The molecule has 0 saturated carbocycles. The van der Waals surface area contributed by atoms with Gasteiger partial charge in [-0.3, -0.25) is 0 Å². The van der Waals surface area contributed by atoms with Crippen molar-refractivity contribution in [2.45, 2.75) is 11.4 Å². The Bertz CT molecular complexity index is 1430. The van der Waals surface area contributed by atoms with Crippen molar-refractivity contribution in [2.75, 3.05) is 26.2 Å². The number of rotatable bonds is 5. The van der Waals surface area contributed by atoms with Gasteiger partial charge < -0.3 is 9.88 Å². The number of hydrogen-bond donors (Lipinski definition) is 2. The number of fused-ring (bicyclic) bond motifs is 1. The summed E-state index contributed by atoms with van der Waals surface area (Å²) in [6.07, 6.45) is 0. The first-order chi connectivity index (χ1) is 16.1. The average molecular weight is 458 g/mol. The zero-order valence-corrected chi connectivity index (χ0v) is 19.0. The summed E-state index contributed by atoms with van der Waals surface area (Å²) in [7, 11) is -3.68. The first-order valence-electron chi connectivity index (χ1n) is 11.1. The highest BCUT2D eigenvalue weighted by atomic mass is 32.2. The molecule has 2 N–H and O–H groups in total. The molecule has 0 radical (unpaired) electrons. The van der Waals surface area contributed by atoms with E-state index in [1.807, 2.05) is 30.3 Å². The van der Waals surface area contributed by atoms with E-state index < -0.39 is 10.0 Å². The van der Waals surface area contributed by atoms with Crippen molar-refractivity contribution in [1.29, 1.82) is 5.26 Å². The van der Waals surface area contributed by atoms with Crippen molar-refractivity contribution in [3.8, 4) is 17.3 Å². The maximum atomic E-state index is 13.2. The summed E-state index contributed by atoms with van der Waals surface area (Å²) in [4.78, 5) is 5.03. The topological polar surface area (TPSA) is 81.4 Å². The van der Waals surface area contributed by atoms with E-state index in [1.54, 1.807) is 18.2 Å². The van der Waals surface area contributed by atoms with E-state index in [9.17, 15) is 13.7 Å². The molecule has 166 valence electrons. The molecule has 2 heterocycles. The maximum Gasteiger partial charge on any atom is 0.244 e. The number of piperazine rings is 1. The van der Waals surface area contributed by atoms with Crippen molar-refractivity contribution in [3.05, 3.63) is 90.0 Å². The third kappa shape index (κ3) is 4.05. The highest BCUT2D eigenvalue weighted by molar-refractivity contribution is 7.89. The van der Waals surface area contributed by atoms with Gasteiger partial charge in [0, 0.05) is 16.5 Å². The van der Waals surface area contributed by atoms with Gasteiger partial charge in [0.2, 0.25) is 10.0 Å². The smallest absolute Gasteiger partial charge is 0.244 e. The van der Waals surface area contributed by atoms with Crippen molar-refractivity contribution in [1.82, 2.24) is 9.29 Å². The van der Waals surface area contributed by atoms with Crippen molar-refractivity contribution in [3.63, 3.8) is 0 Å². The monoisotopic (exact) mass is 457 g/mol. The van der Waals surface area contributed by atoms with Gasteiger partial charge in [-0.05, 0) is 23.8 Å². The SMILES string of the molecule is N#Cc1ccccc1S(=O)(=O)N1CC[NH+](Cc2c(-c3ccccc3)[nH]c3ccccc23)CC1. The molecule has 33 heavy (non-hydrogen) atoms. The van der Waals surface area contributed by atoms with Crippen LogP contribution in [0, 0.1) is 11.3 Å². The van der Waals surface area contributed by atoms with Crippen molar-refractivity contribution < 1.29 is 13.3 Å². The normalized spacial score (nSPS) is 15.5. The molecular weight excluding hydrogens is 432 g/mol. The van der Waals surface area contributed by atoms with E-state index in [0.717, 1.165) is 23.3 Å². The largest absolute Gasteiger partial charge is 0.354 e. The van der Waals surface area contributed by atoms with Gasteiger partial charge in [-0.1, -0.05) is 60.7 Å². The Balaban J connectivity index is 1.38. The average Bonchev–Trinajstić information content (AvgIpc) is 3.23. The standard InChI is InChI=1S/C26H24N4O2S/c27-18-21-10-4-7-13-25(21)33(31,32)30-16-14-29(15-17-30)19-23-22-11-5-6-12-24(22)28-26(23)20-8-2-1-3-9-20/h1-13,28H,14-17,19H2/p+1. The number of nitriles is 1. The predicted molar refractivity (Wildman–Crippen MR) is 128 cm³/mol. The molecule has 4 aromatic rings. The summed E-state index contributed by atoms with van der Waals surface area (Å²) in [5.41, 5.74) is 4.84. The Morgan fingerprint density at radius 1 is 0.909 bits per heavy atom. The van der Waals surface area contributed by atoms with Crippen LogP contribution in [0.4, 0.5) is 0 Å². The number of H-pyrrole nitrogens is 1. The zero-order valence-electron chi connectivity index (χ0n) is 18.2. The zero-order chi connectivity index (χ0) is 22.8. The van der Waals surface area contributed by atoms with Gasteiger partial charge in [0.25, 0.3) is 0 Å². The van der Waals surface area contributed by atoms with Gasteiger partial charge in [-0.25, -0.2) is 8.42 Å². The van der Waals surface area contributed by atoms with Crippen LogP contribution in [0.3, 0.4) is 0 Å². The molecule has 1 saturated heterocycles. The predicted octanol–water partition coefficient (Wildman–Crippen LogP) is 2.80. The summed E-state index contributed by atoms with van der Waals surface area (Å²) in [5, 5.41) is 10.5. The highest BCUT2D eigenvalue weighted by Crippen LogP contribution is 2.30. The number of para-hydroxylation sites is 1. The molecule has 1 aliphatic rings. The molecule has 1 aromatic heterocycles. The first-order valence-corrected chi connectivity index (χ1v) is 12.5. The van der Waals surface area contributed by atoms with E-state index in [4.69, 9.17) is 0 Å². The molecule has 3 aromatic carbocycles. The van der Waals surface area contributed by atoms with Crippen molar-refractivity contribution >= 4 is 20.9 Å². The van der Waals surface area contributed by atoms with E-state index in [-0.39, 0.29) is 10.5 Å².